The quantitative estimate of drug-likeness (QED) is 0.616. The molecule has 0 spiro atoms. The van der Waals surface area contributed by atoms with E-state index in [4.69, 9.17) is 0 Å². The van der Waals surface area contributed by atoms with Gasteiger partial charge in [0.05, 0.1) is 16.2 Å². The molecule has 0 N–H and O–H groups in total. The summed E-state index contributed by atoms with van der Waals surface area (Å²) < 4.78 is 37.1. The van der Waals surface area contributed by atoms with Crippen molar-refractivity contribution in [2.45, 2.75) is 6.18 Å². The standard InChI is InChI=1S/C12H7F3N2O2/c13-12(14,15)9-4-5-11(16-7-9)8-2-1-3-10(6-8)17(18)19/h1-7H. The minimum atomic E-state index is -4.45. The SMILES string of the molecule is O=[N+]([O-])c1cccc(-c2ccc(C(F)(F)F)cn2)c1. The van der Waals surface area contributed by atoms with Gasteiger partial charge in [-0.05, 0) is 12.1 Å². The average molecular weight is 268 g/mol. The first-order chi connectivity index (χ1) is 8.88. The van der Waals surface area contributed by atoms with E-state index in [9.17, 15) is 23.3 Å². The third-order valence-electron chi connectivity index (χ3n) is 2.44. The molecule has 0 aliphatic rings. The maximum atomic E-state index is 12.4. The van der Waals surface area contributed by atoms with Crippen molar-refractivity contribution in [2.24, 2.45) is 0 Å². The Bertz CT molecular complexity index is 609. The minimum absolute atomic E-state index is 0.140. The Hall–Kier alpha value is -2.44. The van der Waals surface area contributed by atoms with E-state index in [-0.39, 0.29) is 11.4 Å². The van der Waals surface area contributed by atoms with Crippen LogP contribution in [0.5, 0.6) is 0 Å². The van der Waals surface area contributed by atoms with E-state index in [0.717, 1.165) is 6.07 Å². The summed E-state index contributed by atoms with van der Waals surface area (Å²) in [5.41, 5.74) is -0.361. The van der Waals surface area contributed by atoms with Gasteiger partial charge in [-0.15, -0.1) is 0 Å². The Morgan fingerprint density at radius 3 is 2.42 bits per heavy atom. The summed E-state index contributed by atoms with van der Waals surface area (Å²) in [4.78, 5) is 13.7. The van der Waals surface area contributed by atoms with Crippen LogP contribution in [0.3, 0.4) is 0 Å². The highest BCUT2D eigenvalue weighted by Gasteiger charge is 2.30. The van der Waals surface area contributed by atoms with Crippen LogP contribution in [0.25, 0.3) is 11.3 Å². The normalized spacial score (nSPS) is 11.3. The zero-order chi connectivity index (χ0) is 14.0. The lowest BCUT2D eigenvalue weighted by Gasteiger charge is -2.06. The van der Waals surface area contributed by atoms with Gasteiger partial charge < -0.3 is 0 Å². The highest BCUT2D eigenvalue weighted by atomic mass is 19.4. The molecule has 1 aromatic heterocycles. The number of halogens is 3. The van der Waals surface area contributed by atoms with Crippen molar-refractivity contribution in [2.75, 3.05) is 0 Å². The van der Waals surface area contributed by atoms with Gasteiger partial charge in [0.2, 0.25) is 0 Å². The summed E-state index contributed by atoms with van der Waals surface area (Å²) in [6, 6.07) is 7.63. The number of alkyl halides is 3. The van der Waals surface area contributed by atoms with E-state index in [1.165, 1.54) is 24.3 Å². The molecule has 0 aliphatic carbocycles. The van der Waals surface area contributed by atoms with Gasteiger partial charge in [0.25, 0.3) is 5.69 Å². The largest absolute Gasteiger partial charge is 0.417 e. The van der Waals surface area contributed by atoms with Crippen molar-refractivity contribution in [1.29, 1.82) is 0 Å². The molecule has 0 aliphatic heterocycles. The summed E-state index contributed by atoms with van der Waals surface area (Å²) in [5, 5.41) is 10.6. The number of aromatic nitrogens is 1. The second-order valence-electron chi connectivity index (χ2n) is 3.74. The summed E-state index contributed by atoms with van der Waals surface area (Å²) in [6.07, 6.45) is -3.75. The smallest absolute Gasteiger partial charge is 0.258 e. The third kappa shape index (κ3) is 2.87. The first-order valence-electron chi connectivity index (χ1n) is 5.16. The van der Waals surface area contributed by atoms with Gasteiger partial charge in [0, 0.05) is 23.9 Å². The molecular formula is C12H7F3N2O2. The number of benzene rings is 1. The van der Waals surface area contributed by atoms with Crippen molar-refractivity contribution in [1.82, 2.24) is 4.98 Å². The van der Waals surface area contributed by atoms with E-state index in [0.29, 0.717) is 11.8 Å². The maximum absolute atomic E-state index is 12.4. The number of hydrogen-bond acceptors (Lipinski definition) is 3. The second kappa shape index (κ2) is 4.68. The molecule has 0 radical (unpaired) electrons. The van der Waals surface area contributed by atoms with Crippen molar-refractivity contribution in [3.8, 4) is 11.3 Å². The first-order valence-corrected chi connectivity index (χ1v) is 5.16. The number of rotatable bonds is 2. The molecule has 2 aromatic rings. The Morgan fingerprint density at radius 1 is 1.16 bits per heavy atom. The second-order valence-corrected chi connectivity index (χ2v) is 3.74. The van der Waals surface area contributed by atoms with Crippen LogP contribution in [0.1, 0.15) is 5.56 Å². The van der Waals surface area contributed by atoms with Gasteiger partial charge in [-0.3, -0.25) is 15.1 Å². The lowest BCUT2D eigenvalue weighted by molar-refractivity contribution is -0.384. The maximum Gasteiger partial charge on any atom is 0.417 e. The number of nitro groups is 1. The molecule has 0 fully saturated rings. The van der Waals surface area contributed by atoms with Crippen molar-refractivity contribution < 1.29 is 18.1 Å². The Labute approximate surface area is 105 Å². The highest BCUT2D eigenvalue weighted by Crippen LogP contribution is 2.30. The Balaban J connectivity index is 2.37. The Kier molecular flexibility index (Phi) is 3.20. The van der Waals surface area contributed by atoms with Crippen molar-refractivity contribution >= 4 is 5.69 Å². The lowest BCUT2D eigenvalue weighted by Crippen LogP contribution is -2.05. The Morgan fingerprint density at radius 2 is 1.89 bits per heavy atom. The molecule has 4 nitrogen and oxygen atoms in total. The number of nitrogens with zero attached hydrogens (tertiary/aromatic N) is 2. The summed E-state index contributed by atoms with van der Waals surface area (Å²) in [7, 11) is 0. The van der Waals surface area contributed by atoms with Crippen LogP contribution in [0.4, 0.5) is 18.9 Å². The van der Waals surface area contributed by atoms with Crippen LogP contribution < -0.4 is 0 Å². The average Bonchev–Trinajstić information content (AvgIpc) is 2.38. The molecule has 0 saturated carbocycles. The van der Waals surface area contributed by atoms with E-state index in [2.05, 4.69) is 4.98 Å². The number of hydrogen-bond donors (Lipinski definition) is 0. The minimum Gasteiger partial charge on any atom is -0.258 e. The molecule has 0 unspecified atom stereocenters. The summed E-state index contributed by atoms with van der Waals surface area (Å²) in [5.74, 6) is 0. The number of non-ortho nitro benzene ring substituents is 1. The predicted molar refractivity (Wildman–Crippen MR) is 61.3 cm³/mol. The fourth-order valence-electron chi connectivity index (χ4n) is 1.51. The van der Waals surface area contributed by atoms with Crippen molar-refractivity contribution in [3.63, 3.8) is 0 Å². The molecule has 1 aromatic carbocycles. The van der Waals surface area contributed by atoms with Gasteiger partial charge in [0.15, 0.2) is 0 Å². The zero-order valence-corrected chi connectivity index (χ0v) is 9.39. The summed E-state index contributed by atoms with van der Waals surface area (Å²) >= 11 is 0. The van der Waals surface area contributed by atoms with E-state index in [1.54, 1.807) is 6.07 Å². The first kappa shape index (κ1) is 13.0. The lowest BCUT2D eigenvalue weighted by atomic mass is 10.1. The van der Waals surface area contributed by atoms with Gasteiger partial charge >= 0.3 is 6.18 Å². The van der Waals surface area contributed by atoms with Crippen LogP contribution in [0.2, 0.25) is 0 Å². The predicted octanol–water partition coefficient (Wildman–Crippen LogP) is 3.68. The molecule has 0 bridgehead atoms. The van der Waals surface area contributed by atoms with Gasteiger partial charge in [-0.2, -0.15) is 13.2 Å². The molecule has 0 saturated heterocycles. The van der Waals surface area contributed by atoms with E-state index in [1.807, 2.05) is 0 Å². The van der Waals surface area contributed by atoms with Crippen LogP contribution in [0.15, 0.2) is 42.6 Å². The number of nitro benzene ring substituents is 1. The fourth-order valence-corrected chi connectivity index (χ4v) is 1.51. The van der Waals surface area contributed by atoms with E-state index < -0.39 is 16.7 Å². The molecule has 7 heteroatoms. The fraction of sp³-hybridized carbons (Fsp3) is 0.0833. The van der Waals surface area contributed by atoms with Crippen LogP contribution >= 0.6 is 0 Å². The van der Waals surface area contributed by atoms with E-state index >= 15 is 0 Å². The number of pyridine rings is 1. The summed E-state index contributed by atoms with van der Waals surface area (Å²) in [6.45, 7) is 0. The molecule has 0 atom stereocenters. The molecule has 1 heterocycles. The molecule has 0 amide bonds. The van der Waals surface area contributed by atoms with Gasteiger partial charge in [0.1, 0.15) is 0 Å². The van der Waals surface area contributed by atoms with Gasteiger partial charge in [-0.25, -0.2) is 0 Å². The topological polar surface area (TPSA) is 56.0 Å². The molecule has 98 valence electrons. The van der Waals surface area contributed by atoms with Crippen molar-refractivity contribution in [3.05, 3.63) is 58.3 Å². The van der Waals surface area contributed by atoms with Crippen LogP contribution in [-0.4, -0.2) is 9.91 Å². The highest BCUT2D eigenvalue weighted by molar-refractivity contribution is 5.62. The van der Waals surface area contributed by atoms with Crippen LogP contribution in [0, 0.1) is 10.1 Å². The molecule has 19 heavy (non-hydrogen) atoms. The third-order valence-corrected chi connectivity index (χ3v) is 2.44. The molecule has 2 rings (SSSR count). The monoisotopic (exact) mass is 268 g/mol. The van der Waals surface area contributed by atoms with Gasteiger partial charge in [-0.1, -0.05) is 12.1 Å². The molecular weight excluding hydrogens is 261 g/mol. The van der Waals surface area contributed by atoms with Crippen LogP contribution in [-0.2, 0) is 6.18 Å². The zero-order valence-electron chi connectivity index (χ0n) is 9.39.